The summed E-state index contributed by atoms with van der Waals surface area (Å²) in [6.45, 7) is 14.3. The smallest absolute Gasteiger partial charge is 1.00 e. The van der Waals surface area contributed by atoms with E-state index in [1.54, 1.807) is 17.7 Å². The van der Waals surface area contributed by atoms with Gasteiger partial charge in [0, 0.05) is 0 Å². The second-order valence-corrected chi connectivity index (χ2v) is 27.7. The first-order valence-electron chi connectivity index (χ1n) is 15.4. The summed E-state index contributed by atoms with van der Waals surface area (Å²) in [5.74, 6) is 0. The van der Waals surface area contributed by atoms with Crippen molar-refractivity contribution in [1.29, 1.82) is 0 Å². The van der Waals surface area contributed by atoms with Crippen molar-refractivity contribution in [2.45, 2.75) is 81.7 Å². The predicted molar refractivity (Wildman–Crippen MR) is 169 cm³/mol. The van der Waals surface area contributed by atoms with Crippen molar-refractivity contribution in [2.24, 2.45) is 0 Å². The maximum atomic E-state index is 2.54. The molecule has 0 aliphatic heterocycles. The SMILES string of the molecule is CC[CH2][Zr+]([C]1=CC=CC1)[C]1(C)C=Cc2cccc(C)c21.CC[CH2][Zr+]([C]1=CC=CC1)[C]1(C)C=Cc2cccc(C)c21.[Cl-].[Cl-]. The van der Waals surface area contributed by atoms with Crippen LogP contribution in [0.5, 0.6) is 0 Å². The van der Waals surface area contributed by atoms with Crippen LogP contribution in [0.1, 0.15) is 86.8 Å². The molecule has 0 nitrogen and oxygen atoms in total. The molecule has 2 atom stereocenters. The Hall–Kier alpha value is -0.774. The summed E-state index contributed by atoms with van der Waals surface area (Å²) in [5, 5.41) is 0. The number of hydrogen-bond acceptors (Lipinski definition) is 0. The van der Waals surface area contributed by atoms with E-state index in [-0.39, 0.29) is 24.8 Å². The summed E-state index contributed by atoms with van der Waals surface area (Å²) >= 11 is -3.37. The van der Waals surface area contributed by atoms with E-state index in [0.717, 1.165) is 0 Å². The molecule has 0 saturated heterocycles. The van der Waals surface area contributed by atoms with Crippen molar-refractivity contribution in [3.8, 4) is 0 Å². The molecule has 0 radical (unpaired) electrons. The minimum absolute atomic E-state index is 0. The molecule has 4 aliphatic rings. The molecule has 0 heterocycles. The van der Waals surface area contributed by atoms with Gasteiger partial charge in [-0.1, -0.05) is 0 Å². The van der Waals surface area contributed by atoms with Crippen LogP contribution in [0.15, 0.2) is 91.6 Å². The van der Waals surface area contributed by atoms with Crippen molar-refractivity contribution in [1.82, 2.24) is 0 Å². The van der Waals surface area contributed by atoms with Gasteiger partial charge in [0.05, 0.1) is 0 Å². The molecule has 220 valence electrons. The fraction of sp³-hybridized carbons (Fsp3) is 0.368. The third-order valence-electron chi connectivity index (χ3n) is 9.41. The molecule has 2 unspecified atom stereocenters. The monoisotopic (exact) mass is 752 g/mol. The van der Waals surface area contributed by atoms with Gasteiger partial charge in [0.2, 0.25) is 0 Å². The Morgan fingerprint density at radius 1 is 0.643 bits per heavy atom. The second kappa shape index (κ2) is 15.5. The van der Waals surface area contributed by atoms with Gasteiger partial charge in [-0.05, 0) is 0 Å². The predicted octanol–water partition coefficient (Wildman–Crippen LogP) is 5.06. The number of fused-ring (bicyclic) bond motifs is 2. The molecule has 0 fully saturated rings. The first-order chi connectivity index (χ1) is 19.3. The van der Waals surface area contributed by atoms with Crippen LogP contribution in [0, 0.1) is 13.8 Å². The fourth-order valence-electron chi connectivity index (χ4n) is 7.61. The minimum Gasteiger partial charge on any atom is -1.00 e. The van der Waals surface area contributed by atoms with Crippen LogP contribution >= 0.6 is 0 Å². The molecule has 0 spiro atoms. The molecular formula is C38H46Cl2Zr2. The van der Waals surface area contributed by atoms with Crippen molar-refractivity contribution in [3.05, 3.63) is 125 Å². The number of benzene rings is 2. The minimum atomic E-state index is -1.69. The Morgan fingerprint density at radius 2 is 1.05 bits per heavy atom. The Morgan fingerprint density at radius 3 is 1.38 bits per heavy atom. The van der Waals surface area contributed by atoms with Crippen LogP contribution in [0.4, 0.5) is 0 Å². The largest absolute Gasteiger partial charge is 1.00 e. The summed E-state index contributed by atoms with van der Waals surface area (Å²) in [5.41, 5.74) is 9.17. The van der Waals surface area contributed by atoms with Gasteiger partial charge >= 0.3 is 262 Å². The average molecular weight is 756 g/mol. The normalized spacial score (nSPS) is 22.0. The van der Waals surface area contributed by atoms with Crippen LogP contribution in [0.25, 0.3) is 12.2 Å². The van der Waals surface area contributed by atoms with Crippen molar-refractivity contribution >= 4 is 12.2 Å². The molecule has 0 aromatic heterocycles. The van der Waals surface area contributed by atoms with Crippen LogP contribution in [-0.2, 0) is 49.7 Å². The van der Waals surface area contributed by atoms with Crippen LogP contribution < -0.4 is 24.8 Å². The van der Waals surface area contributed by atoms with Gasteiger partial charge in [0.1, 0.15) is 0 Å². The van der Waals surface area contributed by atoms with Crippen LogP contribution in [0.3, 0.4) is 0 Å². The molecule has 0 amide bonds. The first kappa shape index (κ1) is 35.7. The molecule has 2 aromatic rings. The quantitative estimate of drug-likeness (QED) is 0.354. The molecule has 42 heavy (non-hydrogen) atoms. The maximum absolute atomic E-state index is 2.54. The van der Waals surface area contributed by atoms with E-state index < -0.39 is 43.5 Å². The van der Waals surface area contributed by atoms with Crippen molar-refractivity contribution in [3.63, 3.8) is 0 Å². The van der Waals surface area contributed by atoms with Gasteiger partial charge in [-0.15, -0.1) is 0 Å². The van der Waals surface area contributed by atoms with Crippen molar-refractivity contribution < 1.29 is 68.3 Å². The summed E-state index contributed by atoms with van der Waals surface area (Å²) in [6.07, 6.45) is 29.0. The Bertz CT molecular complexity index is 1330. The topological polar surface area (TPSA) is 0 Å². The van der Waals surface area contributed by atoms with Gasteiger partial charge in [0.15, 0.2) is 0 Å². The third-order valence-corrected chi connectivity index (χ3v) is 28.2. The standard InChI is InChI=1S/2C11H11.2C5H5.2C3H7.2ClH.2Zr/c2*1-8-4-3-5-10-7-6-9(2)11(8)10;2*1-2-4-5-3-1;2*1-3-2;;;;/h2*3-7H,1-2H3;2*1-3H,4H2;2*1,3H2,2H3;2*1H;;/q;;;;;;;;2*+1/p-2. The Kier molecular flexibility index (Phi) is 13.2. The van der Waals surface area contributed by atoms with Crippen LogP contribution in [-0.4, -0.2) is 0 Å². The summed E-state index contributed by atoms with van der Waals surface area (Å²) in [6, 6.07) is 13.6. The average Bonchev–Trinajstić information content (AvgIpc) is 3.75. The molecule has 4 aliphatic carbocycles. The number of aryl methyl sites for hydroxylation is 2. The van der Waals surface area contributed by atoms with E-state index in [4.69, 9.17) is 0 Å². The third kappa shape index (κ3) is 6.89. The van der Waals surface area contributed by atoms with E-state index >= 15 is 0 Å². The Balaban J connectivity index is 0.000000220. The first-order valence-corrected chi connectivity index (χ1v) is 23.8. The molecule has 4 heteroatoms. The van der Waals surface area contributed by atoms with E-state index in [9.17, 15) is 0 Å². The van der Waals surface area contributed by atoms with E-state index in [0.29, 0.717) is 6.25 Å². The summed E-state index contributed by atoms with van der Waals surface area (Å²) in [4.78, 5) is 0. The van der Waals surface area contributed by atoms with Gasteiger partial charge in [-0.2, -0.15) is 0 Å². The van der Waals surface area contributed by atoms with E-state index in [1.165, 1.54) is 56.2 Å². The summed E-state index contributed by atoms with van der Waals surface area (Å²) in [7, 11) is 0. The van der Waals surface area contributed by atoms with E-state index in [2.05, 4.69) is 139 Å². The Labute approximate surface area is 284 Å². The summed E-state index contributed by atoms with van der Waals surface area (Å²) < 4.78 is 7.25. The van der Waals surface area contributed by atoms with Gasteiger partial charge < -0.3 is 24.8 Å². The molecule has 6 rings (SSSR count). The van der Waals surface area contributed by atoms with Crippen LogP contribution in [0.2, 0.25) is 8.26 Å². The molecule has 0 bridgehead atoms. The number of halogens is 2. The maximum Gasteiger partial charge on any atom is -1.00 e. The van der Waals surface area contributed by atoms with Gasteiger partial charge in [-0.3, -0.25) is 0 Å². The zero-order chi connectivity index (χ0) is 28.3. The zero-order valence-corrected chi connectivity index (χ0v) is 32.7. The second-order valence-electron chi connectivity index (χ2n) is 12.3. The molecule has 2 aromatic carbocycles. The number of hydrogen-bond donors (Lipinski definition) is 0. The number of allylic oxidation sites excluding steroid dienone is 10. The fourth-order valence-corrected chi connectivity index (χ4v) is 25.3. The molecule has 0 N–H and O–H groups in total. The zero-order valence-electron chi connectivity index (χ0n) is 26.2. The number of rotatable bonds is 8. The van der Waals surface area contributed by atoms with E-state index in [1.807, 2.05) is 0 Å². The molecular weight excluding hydrogens is 710 g/mol. The van der Waals surface area contributed by atoms with Gasteiger partial charge in [-0.25, -0.2) is 0 Å². The van der Waals surface area contributed by atoms with Gasteiger partial charge in [0.25, 0.3) is 0 Å². The molecule has 0 saturated carbocycles. The van der Waals surface area contributed by atoms with Crippen molar-refractivity contribution in [2.75, 3.05) is 0 Å².